The van der Waals surface area contributed by atoms with Crippen molar-refractivity contribution in [2.45, 2.75) is 50.9 Å². The van der Waals surface area contributed by atoms with Crippen molar-refractivity contribution in [1.82, 2.24) is 4.90 Å². The molecule has 0 aromatic heterocycles. The number of alkyl halides is 1. The largest absolute Gasteiger partial charge is 0.339 e. The summed E-state index contributed by atoms with van der Waals surface area (Å²) in [6, 6.07) is 15.7. The van der Waals surface area contributed by atoms with E-state index in [1.54, 1.807) is 6.07 Å². The van der Waals surface area contributed by atoms with Crippen molar-refractivity contribution >= 4 is 27.6 Å². The van der Waals surface area contributed by atoms with Crippen molar-refractivity contribution in [1.29, 1.82) is 5.26 Å². The number of hydrogen-bond acceptors (Lipinski definition) is 3. The number of Topliss-reactive ketones (excluding diaryl/α,β-unsaturated/α-hetero) is 1. The molecule has 2 aliphatic rings. The van der Waals surface area contributed by atoms with Crippen molar-refractivity contribution in [3.63, 3.8) is 0 Å². The van der Waals surface area contributed by atoms with Crippen molar-refractivity contribution in [2.75, 3.05) is 18.4 Å². The number of rotatable bonds is 5. The summed E-state index contributed by atoms with van der Waals surface area (Å²) >= 11 is 3.30. The van der Waals surface area contributed by atoms with Crippen LogP contribution in [0.5, 0.6) is 0 Å². The van der Waals surface area contributed by atoms with Crippen molar-refractivity contribution in [3.05, 3.63) is 69.8 Å². The third kappa shape index (κ3) is 4.39. The van der Waals surface area contributed by atoms with Gasteiger partial charge in [0.2, 0.25) is 0 Å². The van der Waals surface area contributed by atoms with E-state index in [1.165, 1.54) is 6.42 Å². The van der Waals surface area contributed by atoms with Crippen molar-refractivity contribution in [2.24, 2.45) is 0 Å². The fourth-order valence-electron chi connectivity index (χ4n) is 4.59. The molecule has 4 rings (SSSR count). The Bertz CT molecular complexity index is 1030. The van der Waals surface area contributed by atoms with E-state index in [9.17, 15) is 9.59 Å². The van der Waals surface area contributed by atoms with Gasteiger partial charge in [-0.3, -0.25) is 9.59 Å². The van der Waals surface area contributed by atoms with Gasteiger partial charge in [0.05, 0.1) is 5.33 Å². The molecule has 0 unspecified atom stereocenters. The second kappa shape index (κ2) is 9.25. The van der Waals surface area contributed by atoms with Crippen LogP contribution in [0.3, 0.4) is 0 Å². The predicted octanol–water partition coefficient (Wildman–Crippen LogP) is 5.33. The zero-order valence-electron chi connectivity index (χ0n) is 17.7. The van der Waals surface area contributed by atoms with Crippen LogP contribution in [0.1, 0.15) is 86.9 Å². The molecule has 1 aliphatic carbocycles. The van der Waals surface area contributed by atoms with Gasteiger partial charge in [0.15, 0.2) is 5.78 Å². The number of amides is 1. The molecule has 1 heterocycles. The lowest BCUT2D eigenvalue weighted by molar-refractivity contribution is 0.0712. The van der Waals surface area contributed by atoms with E-state index in [-0.39, 0.29) is 17.0 Å². The third-order valence-corrected chi connectivity index (χ3v) is 7.22. The standard InChI is InChI=1S/C26H25BrN2O2/c1-17-13-23(21-3-2-4-21)24(25(30)15-27)14-22(17)26(31)29-11-9-20(10-12-29)19-7-5-18(16-28)6-8-19/h5,7,13-14,20-21H,2-4,9-12,15H2,1H3. The molecule has 2 aromatic rings. The summed E-state index contributed by atoms with van der Waals surface area (Å²) in [6.45, 7) is 3.32. The van der Waals surface area contributed by atoms with Gasteiger partial charge in [0, 0.05) is 29.8 Å². The first-order valence-corrected chi connectivity index (χ1v) is 12.0. The zero-order valence-corrected chi connectivity index (χ0v) is 19.3. The summed E-state index contributed by atoms with van der Waals surface area (Å²) in [5, 5.41) is 9.20. The summed E-state index contributed by atoms with van der Waals surface area (Å²) in [4.78, 5) is 27.8. The summed E-state index contributed by atoms with van der Waals surface area (Å²) < 4.78 is 0. The first-order chi connectivity index (χ1) is 15.0. The fourth-order valence-corrected chi connectivity index (χ4v) is 4.90. The summed E-state index contributed by atoms with van der Waals surface area (Å²) in [7, 11) is 0. The number of likely N-dealkylation sites (tertiary alicyclic amines) is 1. The second-order valence-electron chi connectivity index (χ2n) is 8.57. The lowest BCUT2D eigenvalue weighted by Gasteiger charge is -2.33. The molecule has 4 nitrogen and oxygen atoms in total. The molecule has 2 fully saturated rings. The van der Waals surface area contributed by atoms with Crippen LogP contribution in [0.4, 0.5) is 0 Å². The average molecular weight is 477 g/mol. The number of nitrogens with zero attached hydrogens (tertiary/aromatic N) is 2. The number of aryl methyl sites for hydroxylation is 1. The highest BCUT2D eigenvalue weighted by Crippen LogP contribution is 2.39. The van der Waals surface area contributed by atoms with Crippen molar-refractivity contribution < 1.29 is 9.59 Å². The number of halogens is 1. The molecule has 1 amide bonds. The van der Waals surface area contributed by atoms with Gasteiger partial charge in [0.1, 0.15) is 11.6 Å². The van der Waals surface area contributed by atoms with Crippen LogP contribution >= 0.6 is 15.9 Å². The fraction of sp³-hybridized carbons (Fsp3) is 0.423. The molecule has 2 aromatic carbocycles. The molecular weight excluding hydrogens is 452 g/mol. The molecule has 1 aliphatic heterocycles. The minimum absolute atomic E-state index is 0.00935. The molecule has 31 heavy (non-hydrogen) atoms. The van der Waals surface area contributed by atoms with E-state index in [1.807, 2.05) is 24.0 Å². The highest BCUT2D eigenvalue weighted by Gasteiger charge is 2.29. The number of carbonyl (C=O) groups excluding carboxylic acids is 2. The maximum absolute atomic E-state index is 13.3. The first-order valence-electron chi connectivity index (χ1n) is 10.9. The quantitative estimate of drug-likeness (QED) is 0.432. The highest BCUT2D eigenvalue weighted by molar-refractivity contribution is 9.09. The number of ketones is 1. The average Bonchev–Trinajstić information content (AvgIpc) is 2.77. The SMILES string of the molecule is Cc1cc(C2CCC2)c(C(=O)CBr)cc1C(=O)N1CCC(c2c#cc(C#N)cc2)CC1. The van der Waals surface area contributed by atoms with Crippen LogP contribution < -0.4 is 0 Å². The third-order valence-electron chi connectivity index (χ3n) is 6.71. The van der Waals surface area contributed by atoms with Gasteiger partial charge in [-0.15, -0.1) is 0 Å². The Kier molecular flexibility index (Phi) is 6.44. The second-order valence-corrected chi connectivity index (χ2v) is 9.13. The van der Waals surface area contributed by atoms with Gasteiger partial charge in [0.25, 0.3) is 5.91 Å². The van der Waals surface area contributed by atoms with Crippen LogP contribution in [0.25, 0.3) is 0 Å². The van der Waals surface area contributed by atoms with E-state index >= 15 is 0 Å². The van der Waals surface area contributed by atoms with Crippen LogP contribution in [0, 0.1) is 30.4 Å². The Hall–Kier alpha value is -2.63. The zero-order chi connectivity index (χ0) is 22.0. The smallest absolute Gasteiger partial charge is 0.254 e. The minimum Gasteiger partial charge on any atom is -0.339 e. The van der Waals surface area contributed by atoms with Gasteiger partial charge in [-0.2, -0.15) is 5.26 Å². The van der Waals surface area contributed by atoms with E-state index in [0.717, 1.165) is 42.4 Å². The van der Waals surface area contributed by atoms with E-state index in [2.05, 4.69) is 40.2 Å². The molecule has 0 spiro atoms. The molecule has 0 radical (unpaired) electrons. The maximum atomic E-state index is 13.3. The van der Waals surface area contributed by atoms with Gasteiger partial charge in [-0.05, 0) is 73.8 Å². The van der Waals surface area contributed by atoms with Gasteiger partial charge < -0.3 is 4.90 Å². The van der Waals surface area contributed by atoms with E-state index < -0.39 is 0 Å². The number of piperidine rings is 1. The first kappa shape index (κ1) is 21.6. The van der Waals surface area contributed by atoms with Crippen LogP contribution in [-0.4, -0.2) is 35.0 Å². The topological polar surface area (TPSA) is 61.2 Å². The van der Waals surface area contributed by atoms with E-state index in [4.69, 9.17) is 5.26 Å². The summed E-state index contributed by atoms with van der Waals surface area (Å²) in [6.07, 6.45) is 5.15. The molecule has 1 saturated carbocycles. The Morgan fingerprint density at radius 1 is 1.10 bits per heavy atom. The Morgan fingerprint density at radius 3 is 2.39 bits per heavy atom. The lowest BCUT2D eigenvalue weighted by Crippen LogP contribution is -2.38. The molecule has 0 atom stereocenters. The molecule has 0 N–H and O–H groups in total. The predicted molar refractivity (Wildman–Crippen MR) is 123 cm³/mol. The van der Waals surface area contributed by atoms with Crippen LogP contribution in [-0.2, 0) is 0 Å². The van der Waals surface area contributed by atoms with Gasteiger partial charge in [-0.25, -0.2) is 0 Å². The normalized spacial score (nSPS) is 16.9. The van der Waals surface area contributed by atoms with Gasteiger partial charge >= 0.3 is 0 Å². The summed E-state index contributed by atoms with van der Waals surface area (Å²) in [5.74, 6) is 0.815. The molecular formula is C26H25BrN2O2. The van der Waals surface area contributed by atoms with E-state index in [0.29, 0.717) is 41.6 Å². The Balaban J connectivity index is 1.50. The number of benzene rings is 1. The van der Waals surface area contributed by atoms with Crippen LogP contribution in [0.15, 0.2) is 24.3 Å². The molecule has 1 saturated heterocycles. The molecule has 0 bridgehead atoms. The molecule has 5 heteroatoms. The van der Waals surface area contributed by atoms with Gasteiger partial charge in [-0.1, -0.05) is 40.5 Å². The number of hydrogen-bond donors (Lipinski definition) is 0. The number of nitriles is 1. The molecule has 158 valence electrons. The maximum Gasteiger partial charge on any atom is 0.254 e. The van der Waals surface area contributed by atoms with Crippen molar-refractivity contribution in [3.8, 4) is 6.07 Å². The Morgan fingerprint density at radius 2 is 1.84 bits per heavy atom. The minimum atomic E-state index is 0.00935. The highest BCUT2D eigenvalue weighted by atomic mass is 79.9. The summed E-state index contributed by atoms with van der Waals surface area (Å²) in [5.41, 5.74) is 4.95. The Labute approximate surface area is 192 Å². The lowest BCUT2D eigenvalue weighted by atomic mass is 9.76. The number of carbonyl (C=O) groups is 2. The van der Waals surface area contributed by atoms with Crippen LogP contribution in [0.2, 0.25) is 0 Å². The monoisotopic (exact) mass is 476 g/mol.